The van der Waals surface area contributed by atoms with E-state index >= 15 is 0 Å². The molecule has 0 aliphatic carbocycles. The van der Waals surface area contributed by atoms with E-state index in [0.29, 0.717) is 18.7 Å². The lowest BCUT2D eigenvalue weighted by Crippen LogP contribution is -2.16. The molecule has 0 spiro atoms. The molecule has 0 aromatic rings. The van der Waals surface area contributed by atoms with Crippen LogP contribution in [0.25, 0.3) is 0 Å². The second kappa shape index (κ2) is 45.0. The summed E-state index contributed by atoms with van der Waals surface area (Å²) in [5, 5.41) is 8.43. The molecule has 0 heterocycles. The zero-order chi connectivity index (χ0) is 36.1. The maximum atomic E-state index is 8.43. The molecule has 44 heavy (non-hydrogen) atoms. The standard InChI is InChI=1S/C8H18O.C8H18.C7H16.2C6H15N.C5H13N/c1-8(2)6-4-3-5-7-9;1-5-8(4)6-7(2)3;1-4-5-6-7(2)3;2*1-5(2)4-6(3)7;1-5(2)3-4-6/h8-9H,3-7H2,1-2H3;7-8H,5-6H2,1-4H3;7H,4-6H2,1-3H3;2*5-6H,4,7H2,1-3H3;5H,3-4,6H2,1-2H3/t;8-;;2*6-;/m.0.10./s1. The minimum atomic E-state index is 0.359. The van der Waals surface area contributed by atoms with Crippen molar-refractivity contribution in [1.82, 2.24) is 0 Å². The monoisotopic (exact) mass is 634 g/mol. The van der Waals surface area contributed by atoms with Gasteiger partial charge in [0.1, 0.15) is 0 Å². The van der Waals surface area contributed by atoms with Crippen molar-refractivity contribution in [2.75, 3.05) is 13.2 Å². The highest BCUT2D eigenvalue weighted by Crippen LogP contribution is 2.13. The highest BCUT2D eigenvalue weighted by Gasteiger charge is 2.00. The first-order valence-electron chi connectivity index (χ1n) is 19.0. The number of hydrogen-bond donors (Lipinski definition) is 4. The number of aliphatic hydroxyl groups is 1. The lowest BCUT2D eigenvalue weighted by atomic mass is 9.97. The number of hydrogen-bond acceptors (Lipinski definition) is 4. The summed E-state index contributed by atoms with van der Waals surface area (Å²) in [6, 6.07) is 0.750. The van der Waals surface area contributed by atoms with Crippen LogP contribution in [0.5, 0.6) is 0 Å². The van der Waals surface area contributed by atoms with Gasteiger partial charge in [0.15, 0.2) is 0 Å². The van der Waals surface area contributed by atoms with Gasteiger partial charge in [0.2, 0.25) is 0 Å². The van der Waals surface area contributed by atoms with Crippen molar-refractivity contribution in [3.63, 3.8) is 0 Å². The molecule has 4 heteroatoms. The third kappa shape index (κ3) is 96.9. The molecule has 7 N–H and O–H groups in total. The fraction of sp³-hybridized carbons (Fsp3) is 1.00. The quantitative estimate of drug-likeness (QED) is 0.120. The second-order valence-electron chi connectivity index (χ2n) is 15.8. The first kappa shape index (κ1) is 56.2. The molecule has 0 saturated heterocycles. The van der Waals surface area contributed by atoms with Gasteiger partial charge in [-0.2, -0.15) is 0 Å². The van der Waals surface area contributed by atoms with E-state index in [1.807, 2.05) is 13.8 Å². The van der Waals surface area contributed by atoms with Crippen LogP contribution in [0.15, 0.2) is 0 Å². The summed E-state index contributed by atoms with van der Waals surface area (Å²) < 4.78 is 0. The molecule has 0 fully saturated rings. The Morgan fingerprint density at radius 2 is 0.818 bits per heavy atom. The van der Waals surface area contributed by atoms with Crippen molar-refractivity contribution in [1.29, 1.82) is 0 Å². The molecule has 276 valence electrons. The van der Waals surface area contributed by atoms with Crippen LogP contribution in [0.1, 0.15) is 195 Å². The van der Waals surface area contributed by atoms with E-state index in [1.165, 1.54) is 51.4 Å². The van der Waals surface area contributed by atoms with Crippen LogP contribution in [-0.2, 0) is 0 Å². The Balaban J connectivity index is -0.0000000989. The van der Waals surface area contributed by atoms with Crippen molar-refractivity contribution < 1.29 is 5.11 Å². The molecule has 0 aliphatic heterocycles. The largest absolute Gasteiger partial charge is 0.396 e. The molecule has 0 rings (SSSR count). The zero-order valence-electron chi connectivity index (χ0n) is 34.3. The van der Waals surface area contributed by atoms with Gasteiger partial charge in [-0.25, -0.2) is 0 Å². The predicted octanol–water partition coefficient (Wildman–Crippen LogP) is 11.9. The van der Waals surface area contributed by atoms with Crippen molar-refractivity contribution >= 4 is 0 Å². The molecule has 0 unspecified atom stereocenters. The van der Waals surface area contributed by atoms with Crippen molar-refractivity contribution in [2.24, 2.45) is 58.6 Å². The smallest absolute Gasteiger partial charge is 0.0431 e. The van der Waals surface area contributed by atoms with Gasteiger partial charge in [-0.3, -0.25) is 0 Å². The Morgan fingerprint density at radius 1 is 0.455 bits per heavy atom. The summed E-state index contributed by atoms with van der Waals surface area (Å²) in [7, 11) is 0. The molecule has 0 aliphatic rings. The van der Waals surface area contributed by atoms with Crippen LogP contribution in [0.2, 0.25) is 0 Å². The first-order valence-corrected chi connectivity index (χ1v) is 19.0. The van der Waals surface area contributed by atoms with Gasteiger partial charge in [-0.05, 0) is 93.9 Å². The van der Waals surface area contributed by atoms with Crippen molar-refractivity contribution in [3.8, 4) is 0 Å². The van der Waals surface area contributed by atoms with Crippen LogP contribution in [0.4, 0.5) is 0 Å². The Bertz CT molecular complexity index is 420. The van der Waals surface area contributed by atoms with Crippen LogP contribution in [-0.4, -0.2) is 30.3 Å². The number of nitrogens with two attached hydrogens (primary N) is 3. The Kier molecular flexibility index (Phi) is 57.4. The molecule has 0 saturated carbocycles. The Labute approximate surface area is 283 Å². The third-order valence-electron chi connectivity index (χ3n) is 6.58. The number of aliphatic hydroxyl groups excluding tert-OH is 1. The fourth-order valence-corrected chi connectivity index (χ4v) is 4.25. The third-order valence-corrected chi connectivity index (χ3v) is 6.58. The maximum Gasteiger partial charge on any atom is 0.0431 e. The minimum Gasteiger partial charge on any atom is -0.396 e. The van der Waals surface area contributed by atoms with Gasteiger partial charge >= 0.3 is 0 Å². The second-order valence-corrected chi connectivity index (χ2v) is 15.8. The van der Waals surface area contributed by atoms with Crippen molar-refractivity contribution in [3.05, 3.63) is 0 Å². The highest BCUT2D eigenvalue weighted by atomic mass is 16.2. The summed E-state index contributed by atoms with van der Waals surface area (Å²) in [5.74, 6) is 5.80. The molecule has 3 atom stereocenters. The van der Waals surface area contributed by atoms with Gasteiger partial charge in [-0.1, -0.05) is 149 Å². The van der Waals surface area contributed by atoms with Gasteiger partial charge in [-0.15, -0.1) is 0 Å². The van der Waals surface area contributed by atoms with Crippen LogP contribution >= 0.6 is 0 Å². The summed E-state index contributed by atoms with van der Waals surface area (Å²) in [6.45, 7) is 38.8. The van der Waals surface area contributed by atoms with Gasteiger partial charge in [0.05, 0.1) is 0 Å². The average Bonchev–Trinajstić information content (AvgIpc) is 2.85. The normalized spacial score (nSPS) is 12.6. The van der Waals surface area contributed by atoms with Crippen LogP contribution in [0, 0.1) is 41.4 Å². The van der Waals surface area contributed by atoms with Crippen molar-refractivity contribution in [2.45, 2.75) is 207 Å². The number of rotatable bonds is 17. The van der Waals surface area contributed by atoms with E-state index in [4.69, 9.17) is 22.3 Å². The molecular formula is C40H95N3O. The fourth-order valence-electron chi connectivity index (χ4n) is 4.25. The number of unbranched alkanes of at least 4 members (excludes halogenated alkanes) is 3. The molecular weight excluding hydrogens is 538 g/mol. The summed E-state index contributed by atoms with van der Waals surface area (Å²) in [4.78, 5) is 0. The lowest BCUT2D eigenvalue weighted by Gasteiger charge is -2.09. The first-order chi connectivity index (χ1) is 20.2. The maximum absolute atomic E-state index is 8.43. The topological polar surface area (TPSA) is 98.3 Å². The van der Waals surface area contributed by atoms with E-state index in [1.54, 1.807) is 0 Å². The Hall–Kier alpha value is -0.160. The minimum absolute atomic E-state index is 0.359. The highest BCUT2D eigenvalue weighted by molar-refractivity contribution is 4.55. The van der Waals surface area contributed by atoms with Gasteiger partial charge in [0.25, 0.3) is 0 Å². The molecule has 0 radical (unpaired) electrons. The van der Waals surface area contributed by atoms with E-state index < -0.39 is 0 Å². The molecule has 0 bridgehead atoms. The molecule has 0 amide bonds. The van der Waals surface area contributed by atoms with Gasteiger partial charge < -0.3 is 22.3 Å². The van der Waals surface area contributed by atoms with Crippen LogP contribution in [0.3, 0.4) is 0 Å². The molecule has 4 nitrogen and oxygen atoms in total. The average molecular weight is 634 g/mol. The van der Waals surface area contributed by atoms with E-state index in [9.17, 15) is 0 Å². The van der Waals surface area contributed by atoms with Crippen LogP contribution < -0.4 is 17.2 Å². The van der Waals surface area contributed by atoms with Gasteiger partial charge in [0, 0.05) is 18.7 Å². The Morgan fingerprint density at radius 3 is 0.955 bits per heavy atom. The summed E-state index contributed by atoms with van der Waals surface area (Å²) in [5.41, 5.74) is 16.2. The SMILES string of the molecule is CC(C)CCCCCO.CC(C)CCN.CC(C)C[C@@H](C)N.CC(C)C[C@H](C)N.CCCCC(C)C.CC[C@H](C)CC(C)C. The van der Waals surface area contributed by atoms with E-state index in [2.05, 4.69) is 104 Å². The predicted molar refractivity (Wildman–Crippen MR) is 208 cm³/mol. The molecule has 0 aromatic carbocycles. The van der Waals surface area contributed by atoms with E-state index in [-0.39, 0.29) is 0 Å². The zero-order valence-corrected chi connectivity index (χ0v) is 34.3. The summed E-state index contributed by atoms with van der Waals surface area (Å²) in [6.07, 6.45) is 15.0. The lowest BCUT2D eigenvalue weighted by molar-refractivity contribution is 0.281. The van der Waals surface area contributed by atoms with E-state index in [0.717, 1.165) is 73.7 Å². The summed E-state index contributed by atoms with van der Waals surface area (Å²) >= 11 is 0. The molecule has 0 aromatic heterocycles.